The van der Waals surface area contributed by atoms with E-state index in [4.69, 9.17) is 4.74 Å². The number of H-pyrrole nitrogens is 1. The molecule has 3 rings (SSSR count). The molecule has 1 saturated carbocycles. The maximum absolute atomic E-state index is 11.5. The van der Waals surface area contributed by atoms with Crippen LogP contribution < -0.4 is 5.56 Å². The zero-order valence-corrected chi connectivity index (χ0v) is 11.7. The van der Waals surface area contributed by atoms with E-state index in [0.717, 1.165) is 25.1 Å². The maximum atomic E-state index is 11.5. The highest BCUT2D eigenvalue weighted by Crippen LogP contribution is 2.34. The summed E-state index contributed by atoms with van der Waals surface area (Å²) in [4.78, 5) is 20.9. The van der Waals surface area contributed by atoms with E-state index in [9.17, 15) is 9.90 Å². The first kappa shape index (κ1) is 13.7. The van der Waals surface area contributed by atoms with Gasteiger partial charge in [-0.3, -0.25) is 9.69 Å². The van der Waals surface area contributed by atoms with Gasteiger partial charge in [-0.1, -0.05) is 0 Å². The Balaban J connectivity index is 1.74. The first-order valence-electron chi connectivity index (χ1n) is 7.19. The van der Waals surface area contributed by atoms with E-state index in [-0.39, 0.29) is 18.3 Å². The van der Waals surface area contributed by atoms with Crippen molar-refractivity contribution in [3.8, 4) is 0 Å². The molecule has 1 saturated heterocycles. The molecule has 0 unspecified atom stereocenters. The highest BCUT2D eigenvalue weighted by Gasteiger charge is 2.40. The molecule has 1 aromatic heterocycles. The van der Waals surface area contributed by atoms with Crippen molar-refractivity contribution < 1.29 is 9.84 Å². The van der Waals surface area contributed by atoms with Gasteiger partial charge in [-0.2, -0.15) is 0 Å². The van der Waals surface area contributed by atoms with Gasteiger partial charge in [0.1, 0.15) is 5.82 Å². The lowest BCUT2D eigenvalue weighted by Gasteiger charge is -2.37. The van der Waals surface area contributed by atoms with Crippen molar-refractivity contribution in [1.82, 2.24) is 14.9 Å². The topological polar surface area (TPSA) is 78.5 Å². The summed E-state index contributed by atoms with van der Waals surface area (Å²) < 4.78 is 5.81. The van der Waals surface area contributed by atoms with E-state index in [0.29, 0.717) is 30.9 Å². The van der Waals surface area contributed by atoms with E-state index < -0.39 is 0 Å². The van der Waals surface area contributed by atoms with Crippen LogP contribution in [0.1, 0.15) is 24.4 Å². The average Bonchev–Trinajstić information content (AvgIpc) is 2.81. The number of morpholine rings is 1. The van der Waals surface area contributed by atoms with Gasteiger partial charge in [-0.25, -0.2) is 4.98 Å². The van der Waals surface area contributed by atoms with Gasteiger partial charge >= 0.3 is 0 Å². The van der Waals surface area contributed by atoms with Crippen molar-refractivity contribution in [2.24, 2.45) is 5.92 Å². The Labute approximate surface area is 117 Å². The number of ether oxygens (including phenoxy) is 1. The average molecular weight is 279 g/mol. The first-order chi connectivity index (χ1) is 9.65. The van der Waals surface area contributed by atoms with Crippen LogP contribution in [0.25, 0.3) is 0 Å². The number of aromatic nitrogens is 2. The number of hydrogen-bond acceptors (Lipinski definition) is 5. The molecule has 20 heavy (non-hydrogen) atoms. The molecule has 110 valence electrons. The van der Waals surface area contributed by atoms with Crippen LogP contribution in [0.3, 0.4) is 0 Å². The molecule has 6 nitrogen and oxygen atoms in total. The van der Waals surface area contributed by atoms with Crippen molar-refractivity contribution in [1.29, 1.82) is 0 Å². The van der Waals surface area contributed by atoms with Crippen LogP contribution in [0.2, 0.25) is 0 Å². The van der Waals surface area contributed by atoms with Gasteiger partial charge in [0.05, 0.1) is 18.4 Å². The van der Waals surface area contributed by atoms with Gasteiger partial charge in [0.2, 0.25) is 0 Å². The number of nitrogens with one attached hydrogen (secondary N) is 1. The second-order valence-corrected chi connectivity index (χ2v) is 5.79. The lowest BCUT2D eigenvalue weighted by atomic mass is 10.1. The monoisotopic (exact) mass is 279 g/mol. The van der Waals surface area contributed by atoms with E-state index >= 15 is 0 Å². The third-order valence-electron chi connectivity index (χ3n) is 4.29. The number of aromatic amines is 1. The van der Waals surface area contributed by atoms with E-state index in [1.807, 2.05) is 0 Å². The van der Waals surface area contributed by atoms with Gasteiger partial charge in [-0.05, 0) is 25.7 Å². The minimum atomic E-state index is -0.100. The summed E-state index contributed by atoms with van der Waals surface area (Å²) >= 11 is 0. The Hall–Kier alpha value is -1.24. The summed E-state index contributed by atoms with van der Waals surface area (Å²) in [5, 5.41) is 9.33. The third-order valence-corrected chi connectivity index (χ3v) is 4.29. The predicted molar refractivity (Wildman–Crippen MR) is 73.3 cm³/mol. The fourth-order valence-corrected chi connectivity index (χ4v) is 3.40. The lowest BCUT2D eigenvalue weighted by Crippen LogP contribution is -2.48. The summed E-state index contributed by atoms with van der Waals surface area (Å²) in [5.74, 6) is 0.983. The van der Waals surface area contributed by atoms with Gasteiger partial charge in [0, 0.05) is 31.8 Å². The van der Waals surface area contributed by atoms with Crippen molar-refractivity contribution >= 4 is 0 Å². The molecular formula is C14H21N3O3. The van der Waals surface area contributed by atoms with Crippen LogP contribution in [0, 0.1) is 12.8 Å². The van der Waals surface area contributed by atoms with E-state index in [1.165, 1.54) is 0 Å². The van der Waals surface area contributed by atoms with Crippen LogP contribution in [-0.2, 0) is 11.3 Å². The molecular weight excluding hydrogens is 258 g/mol. The van der Waals surface area contributed by atoms with Gasteiger partial charge in [-0.15, -0.1) is 0 Å². The summed E-state index contributed by atoms with van der Waals surface area (Å²) in [7, 11) is 0. The molecule has 0 aromatic carbocycles. The highest BCUT2D eigenvalue weighted by atomic mass is 16.5. The Bertz CT molecular complexity index is 531. The third kappa shape index (κ3) is 2.77. The number of aliphatic hydroxyl groups excluding tert-OH is 1. The molecule has 2 aliphatic rings. The lowest BCUT2D eigenvalue weighted by molar-refractivity contribution is -0.0594. The molecule has 6 heteroatoms. The smallest absolute Gasteiger partial charge is 0.251 e. The molecule has 1 aliphatic carbocycles. The van der Waals surface area contributed by atoms with Crippen molar-refractivity contribution in [2.45, 2.75) is 38.5 Å². The zero-order valence-electron chi connectivity index (χ0n) is 11.7. The molecule has 0 radical (unpaired) electrons. The van der Waals surface area contributed by atoms with E-state index in [2.05, 4.69) is 14.9 Å². The molecule has 0 amide bonds. The van der Waals surface area contributed by atoms with Crippen molar-refractivity contribution in [3.05, 3.63) is 27.9 Å². The van der Waals surface area contributed by atoms with Crippen LogP contribution in [-0.4, -0.2) is 51.9 Å². The van der Waals surface area contributed by atoms with Crippen molar-refractivity contribution in [2.75, 3.05) is 19.8 Å². The number of aliphatic hydroxyl groups is 1. The second kappa shape index (κ2) is 5.63. The van der Waals surface area contributed by atoms with Gasteiger partial charge in [0.15, 0.2) is 0 Å². The van der Waals surface area contributed by atoms with Crippen molar-refractivity contribution in [3.63, 3.8) is 0 Å². The fraction of sp³-hybridized carbons (Fsp3) is 0.714. The Morgan fingerprint density at radius 1 is 1.55 bits per heavy atom. The van der Waals surface area contributed by atoms with Crippen LogP contribution in [0.15, 0.2) is 10.9 Å². The van der Waals surface area contributed by atoms with Gasteiger partial charge in [0.25, 0.3) is 5.56 Å². The Morgan fingerprint density at radius 2 is 2.40 bits per heavy atom. The standard InChI is InChI=1S/C14H21N3O3/c1-9-15-11(6-14(19)16-9)7-17-2-3-20-13-5-10(8-18)4-12(13)17/h6,10,12-13,18H,2-5,7-8H2,1H3,(H,15,16,19)/t10-,12+,13+/m1/s1. The number of rotatable bonds is 3. The molecule has 0 bridgehead atoms. The number of aryl methyl sites for hydroxylation is 1. The van der Waals surface area contributed by atoms with E-state index in [1.54, 1.807) is 13.0 Å². The molecule has 1 aliphatic heterocycles. The fourth-order valence-electron chi connectivity index (χ4n) is 3.40. The molecule has 2 N–H and O–H groups in total. The summed E-state index contributed by atoms with van der Waals surface area (Å²) in [6, 6.07) is 1.90. The largest absolute Gasteiger partial charge is 0.396 e. The minimum absolute atomic E-state index is 0.100. The summed E-state index contributed by atoms with van der Waals surface area (Å²) in [6.07, 6.45) is 2.10. The summed E-state index contributed by atoms with van der Waals surface area (Å²) in [6.45, 7) is 4.26. The second-order valence-electron chi connectivity index (χ2n) is 5.79. The SMILES string of the molecule is Cc1nc(CN2CCO[C@H]3C[C@H](CO)C[C@@H]32)cc(=O)[nH]1. The van der Waals surface area contributed by atoms with Crippen LogP contribution >= 0.6 is 0 Å². The normalized spacial score (nSPS) is 30.4. The number of nitrogens with zero attached hydrogens (tertiary/aromatic N) is 2. The molecule has 0 spiro atoms. The number of hydrogen-bond donors (Lipinski definition) is 2. The number of fused-ring (bicyclic) bond motifs is 1. The first-order valence-corrected chi connectivity index (χ1v) is 7.19. The maximum Gasteiger partial charge on any atom is 0.251 e. The van der Waals surface area contributed by atoms with Crippen LogP contribution in [0.4, 0.5) is 0 Å². The minimum Gasteiger partial charge on any atom is -0.396 e. The van der Waals surface area contributed by atoms with Gasteiger partial charge < -0.3 is 14.8 Å². The molecule has 2 fully saturated rings. The molecule has 1 aromatic rings. The van der Waals surface area contributed by atoms with Crippen LogP contribution in [0.5, 0.6) is 0 Å². The Kier molecular flexibility index (Phi) is 3.87. The highest BCUT2D eigenvalue weighted by molar-refractivity contribution is 5.04. The quantitative estimate of drug-likeness (QED) is 0.817. The summed E-state index contributed by atoms with van der Waals surface area (Å²) in [5.41, 5.74) is 0.705. The molecule has 2 heterocycles. The Morgan fingerprint density at radius 3 is 3.15 bits per heavy atom. The molecule has 3 atom stereocenters. The predicted octanol–water partition coefficient (Wildman–Crippen LogP) is 0.0500. The zero-order chi connectivity index (χ0) is 14.1.